The number of carboxylic acid groups (broad SMARTS) is 1. The predicted molar refractivity (Wildman–Crippen MR) is 40.9 cm³/mol. The lowest BCUT2D eigenvalue weighted by atomic mass is 10.2. The van der Waals surface area contributed by atoms with Gasteiger partial charge in [0, 0.05) is 12.3 Å². The van der Waals surface area contributed by atoms with Crippen molar-refractivity contribution in [3.05, 3.63) is 12.2 Å². The van der Waals surface area contributed by atoms with Gasteiger partial charge in [-0.1, -0.05) is 31.7 Å². The molecule has 0 saturated heterocycles. The van der Waals surface area contributed by atoms with Gasteiger partial charge in [0.15, 0.2) is 0 Å². The molecule has 0 radical (unpaired) electrons. The van der Waals surface area contributed by atoms with Crippen molar-refractivity contribution < 1.29 is 22.2 Å². The highest BCUT2D eigenvalue weighted by Gasteiger charge is 1.87. The van der Waals surface area contributed by atoms with Gasteiger partial charge in [-0.15, -0.1) is 0 Å². The van der Waals surface area contributed by atoms with Crippen molar-refractivity contribution in [1.82, 2.24) is 0 Å². The third-order valence-electron chi connectivity index (χ3n) is 0.628. The van der Waals surface area contributed by atoms with Crippen LogP contribution in [0.1, 0.15) is 44.7 Å². The third-order valence-corrected chi connectivity index (χ3v) is 0.628. The van der Waals surface area contributed by atoms with E-state index in [1.807, 2.05) is 0 Å². The number of rotatable bonds is 5. The summed E-state index contributed by atoms with van der Waals surface area (Å²) in [5, 5.41) is 8.37. The molecule has 2 heteroatoms. The fourth-order valence-electron chi connectivity index (χ4n) is 0.296. The van der Waals surface area contributed by atoms with E-state index in [2.05, 4.69) is 0 Å². The molecule has 0 spiro atoms. The van der Waals surface area contributed by atoms with Gasteiger partial charge in [-0.3, -0.25) is 4.79 Å². The summed E-state index contributed by atoms with van der Waals surface area (Å²) in [6.07, 6.45) is -9.00. The van der Waals surface area contributed by atoms with Gasteiger partial charge >= 0.3 is 5.97 Å². The zero-order valence-corrected chi connectivity index (χ0v) is 5.22. The highest BCUT2D eigenvalue weighted by Crippen LogP contribution is 1.95. The lowest BCUT2D eigenvalue weighted by Gasteiger charge is -1.86. The second-order valence-corrected chi connectivity index (χ2v) is 1.39. The predicted octanol–water partition coefficient (Wildman–Crippen LogP) is 2.21. The minimum absolute atomic E-state index is 0.532. The Labute approximate surface area is 74.2 Å². The topological polar surface area (TPSA) is 37.3 Å². The van der Waals surface area contributed by atoms with Crippen molar-refractivity contribution >= 4 is 5.97 Å². The SMILES string of the molecule is [2H]C([2H])([2H])C([2H])([2H])C([2H])([2H])C([2H])([2H])/C=C/CC(=O)O. The van der Waals surface area contributed by atoms with E-state index >= 15 is 0 Å². The molecule has 0 unspecified atom stereocenters. The summed E-state index contributed by atoms with van der Waals surface area (Å²) in [5.74, 6) is -1.27. The van der Waals surface area contributed by atoms with Crippen molar-refractivity contribution in [2.45, 2.75) is 32.4 Å². The summed E-state index contributed by atoms with van der Waals surface area (Å²) >= 11 is 0. The van der Waals surface area contributed by atoms with Crippen LogP contribution in [0.5, 0.6) is 0 Å². The molecule has 0 aliphatic rings. The Morgan fingerprint density at radius 1 is 1.80 bits per heavy atom. The molecule has 1 N–H and O–H groups in total. The molecule has 10 heavy (non-hydrogen) atoms. The smallest absolute Gasteiger partial charge is 0.307 e. The highest BCUT2D eigenvalue weighted by atomic mass is 16.4. The van der Waals surface area contributed by atoms with Gasteiger partial charge in [0.25, 0.3) is 0 Å². The third kappa shape index (κ3) is 7.21. The average molecular weight is 151 g/mol. The lowest BCUT2D eigenvalue weighted by Crippen LogP contribution is -1.89. The number of allylic oxidation sites excluding steroid dienone is 1. The van der Waals surface area contributed by atoms with Gasteiger partial charge < -0.3 is 5.11 Å². The first-order chi connectivity index (χ1) is 8.17. The molecule has 0 amide bonds. The minimum Gasteiger partial charge on any atom is -0.481 e. The molecule has 0 bridgehead atoms. The van der Waals surface area contributed by atoms with Gasteiger partial charge in [-0.2, -0.15) is 0 Å². The number of hydrogen-bond donors (Lipinski definition) is 1. The van der Waals surface area contributed by atoms with Crippen LogP contribution in [0.3, 0.4) is 0 Å². The lowest BCUT2D eigenvalue weighted by molar-refractivity contribution is -0.136. The van der Waals surface area contributed by atoms with Crippen molar-refractivity contribution in [2.75, 3.05) is 0 Å². The average Bonchev–Trinajstić information content (AvgIpc) is 2.14. The summed E-state index contributed by atoms with van der Waals surface area (Å²) in [6, 6.07) is 0. The van der Waals surface area contributed by atoms with Crippen LogP contribution in [0.15, 0.2) is 12.2 Å². The van der Waals surface area contributed by atoms with E-state index in [-0.39, 0.29) is 0 Å². The maximum Gasteiger partial charge on any atom is 0.307 e. The van der Waals surface area contributed by atoms with Crippen LogP contribution >= 0.6 is 0 Å². The number of hydrogen-bond acceptors (Lipinski definition) is 1. The summed E-state index contributed by atoms with van der Waals surface area (Å²) < 4.78 is 65.2. The van der Waals surface area contributed by atoms with Gasteiger partial charge in [-0.05, 0) is 6.37 Å². The van der Waals surface area contributed by atoms with E-state index in [0.29, 0.717) is 6.08 Å². The van der Waals surface area contributed by atoms with E-state index in [1.54, 1.807) is 0 Å². The Morgan fingerprint density at radius 3 is 3.20 bits per heavy atom. The zero-order chi connectivity index (χ0) is 15.7. The molecule has 0 aromatic heterocycles. The molecule has 0 rings (SSSR count). The van der Waals surface area contributed by atoms with Crippen LogP contribution < -0.4 is 0 Å². The largest absolute Gasteiger partial charge is 0.481 e. The molecule has 0 aliphatic heterocycles. The highest BCUT2D eigenvalue weighted by molar-refractivity contribution is 5.68. The van der Waals surface area contributed by atoms with Crippen molar-refractivity contribution in [3.8, 4) is 0 Å². The Hall–Kier alpha value is -0.790. The Kier molecular flexibility index (Phi) is 1.33. The van der Waals surface area contributed by atoms with Crippen LogP contribution in [0.25, 0.3) is 0 Å². The fourth-order valence-corrected chi connectivity index (χ4v) is 0.296. The molecule has 0 fully saturated rings. The normalized spacial score (nSPS) is 29.4. The number of carboxylic acids is 1. The number of aliphatic carboxylic acids is 1. The number of carbonyl (C=O) groups is 1. The van der Waals surface area contributed by atoms with Gasteiger partial charge in [-0.25, -0.2) is 0 Å². The molecule has 0 saturated carbocycles. The van der Waals surface area contributed by atoms with E-state index in [1.165, 1.54) is 0 Å². The molecule has 0 aliphatic carbocycles. The Balaban J connectivity index is 5.39. The van der Waals surface area contributed by atoms with Crippen LogP contribution in [0.2, 0.25) is 0 Å². The quantitative estimate of drug-likeness (QED) is 0.612. The molecule has 0 aromatic carbocycles. The van der Waals surface area contributed by atoms with Crippen molar-refractivity contribution in [3.63, 3.8) is 0 Å². The maximum absolute atomic E-state index is 10.3. The summed E-state index contributed by atoms with van der Waals surface area (Å²) in [4.78, 5) is 10.3. The molecular formula is C8H14O2. The molecule has 0 aromatic rings. The first kappa shape index (κ1) is 2.10. The van der Waals surface area contributed by atoms with E-state index < -0.39 is 38.4 Å². The van der Waals surface area contributed by atoms with Crippen LogP contribution in [0.4, 0.5) is 0 Å². The molecule has 58 valence electrons. The van der Waals surface area contributed by atoms with Crippen LogP contribution in [-0.2, 0) is 4.79 Å². The maximum atomic E-state index is 10.3. The van der Waals surface area contributed by atoms with Crippen molar-refractivity contribution in [2.24, 2.45) is 0 Å². The molecule has 0 heterocycles. The van der Waals surface area contributed by atoms with E-state index in [4.69, 9.17) is 17.4 Å². The first-order valence-electron chi connectivity index (χ1n) is 7.06. The summed E-state index contributed by atoms with van der Waals surface area (Å²) in [7, 11) is 0. The van der Waals surface area contributed by atoms with Crippen LogP contribution in [0, 0.1) is 0 Å². The van der Waals surface area contributed by atoms with E-state index in [0.717, 1.165) is 6.08 Å². The molecule has 2 nitrogen and oxygen atoms in total. The molecular weight excluding hydrogens is 128 g/mol. The second kappa shape index (κ2) is 6.33. The van der Waals surface area contributed by atoms with Gasteiger partial charge in [0.05, 0.1) is 6.42 Å². The van der Waals surface area contributed by atoms with Gasteiger partial charge in [0.2, 0.25) is 0 Å². The van der Waals surface area contributed by atoms with Crippen molar-refractivity contribution in [1.29, 1.82) is 0 Å². The zero-order valence-electron chi connectivity index (χ0n) is 14.2. The Bertz CT molecular complexity index is 369. The van der Waals surface area contributed by atoms with E-state index in [9.17, 15) is 4.79 Å². The van der Waals surface area contributed by atoms with Gasteiger partial charge in [0.1, 0.15) is 0 Å². The second-order valence-electron chi connectivity index (χ2n) is 1.39. The summed E-state index contributed by atoms with van der Waals surface area (Å²) in [5.41, 5.74) is 0. The Morgan fingerprint density at radius 2 is 2.60 bits per heavy atom. The fraction of sp³-hybridized carbons (Fsp3) is 0.625. The minimum atomic E-state index is -3.43. The standard InChI is InChI=1S/C8H14O2/c1-2-3-4-5-6-7-8(9)10/h5-6H,2-4,7H2,1H3,(H,9,10)/b6-5+/i1D3,2D2,3D2,4D2. The first-order valence-corrected chi connectivity index (χ1v) is 2.56. The monoisotopic (exact) mass is 151 g/mol. The van der Waals surface area contributed by atoms with Crippen LogP contribution in [-0.4, -0.2) is 11.1 Å². The molecule has 0 atom stereocenters. The summed E-state index contributed by atoms with van der Waals surface area (Å²) in [6.45, 7) is -3.36.